The van der Waals surface area contributed by atoms with E-state index < -0.39 is 5.41 Å². The Morgan fingerprint density at radius 3 is 2.40 bits per heavy atom. The molecular weight excluding hydrogens is 256 g/mol. The van der Waals surface area contributed by atoms with Crippen LogP contribution >= 0.6 is 0 Å². The van der Waals surface area contributed by atoms with E-state index in [9.17, 15) is 14.4 Å². The molecule has 4 heteroatoms. The van der Waals surface area contributed by atoms with Crippen molar-refractivity contribution in [3.63, 3.8) is 0 Å². The van der Waals surface area contributed by atoms with E-state index >= 15 is 0 Å². The summed E-state index contributed by atoms with van der Waals surface area (Å²) in [7, 11) is 1.35. The largest absolute Gasteiger partial charge is 0.469 e. The fraction of sp³-hybridized carbons (Fsp3) is 0.812. The molecule has 1 aliphatic rings. The van der Waals surface area contributed by atoms with Crippen LogP contribution in [0.1, 0.15) is 53.4 Å². The minimum atomic E-state index is -0.689. The van der Waals surface area contributed by atoms with E-state index in [2.05, 4.69) is 0 Å². The lowest BCUT2D eigenvalue weighted by Crippen LogP contribution is -2.46. The quantitative estimate of drug-likeness (QED) is 0.727. The average molecular weight is 282 g/mol. The van der Waals surface area contributed by atoms with Gasteiger partial charge in [-0.05, 0) is 18.8 Å². The number of methoxy groups -OCH3 is 1. The van der Waals surface area contributed by atoms with E-state index in [1.165, 1.54) is 7.11 Å². The van der Waals surface area contributed by atoms with E-state index in [-0.39, 0.29) is 48.1 Å². The zero-order valence-electron chi connectivity index (χ0n) is 13.2. The molecule has 1 rings (SSSR count). The summed E-state index contributed by atoms with van der Waals surface area (Å²) in [6, 6.07) is 0. The van der Waals surface area contributed by atoms with Crippen LogP contribution in [-0.4, -0.2) is 24.6 Å². The Morgan fingerprint density at radius 2 is 1.95 bits per heavy atom. The van der Waals surface area contributed by atoms with Crippen LogP contribution in [0.15, 0.2) is 0 Å². The van der Waals surface area contributed by atoms with Gasteiger partial charge in [-0.3, -0.25) is 14.4 Å². The predicted octanol–water partition coefficient (Wildman–Crippen LogP) is 2.79. The molecule has 0 unspecified atom stereocenters. The molecule has 0 aromatic heterocycles. The molecule has 0 aromatic carbocycles. The van der Waals surface area contributed by atoms with Crippen molar-refractivity contribution in [1.29, 1.82) is 0 Å². The number of hydrogen-bond donors (Lipinski definition) is 0. The van der Waals surface area contributed by atoms with Crippen molar-refractivity contribution in [2.24, 2.45) is 23.2 Å². The van der Waals surface area contributed by atoms with Crippen LogP contribution in [0.2, 0.25) is 0 Å². The molecule has 0 spiro atoms. The third-order valence-corrected chi connectivity index (χ3v) is 4.72. The van der Waals surface area contributed by atoms with Crippen LogP contribution in [0.5, 0.6) is 0 Å². The summed E-state index contributed by atoms with van der Waals surface area (Å²) >= 11 is 0. The Kier molecular flexibility index (Phi) is 5.49. The van der Waals surface area contributed by atoms with Crippen LogP contribution in [0.4, 0.5) is 0 Å². The molecule has 0 bridgehead atoms. The van der Waals surface area contributed by atoms with Crippen molar-refractivity contribution in [2.75, 3.05) is 7.11 Å². The lowest BCUT2D eigenvalue weighted by atomic mass is 9.59. The maximum atomic E-state index is 12.7. The van der Waals surface area contributed by atoms with Crippen molar-refractivity contribution in [1.82, 2.24) is 0 Å². The summed E-state index contributed by atoms with van der Waals surface area (Å²) in [6.07, 6.45) is 1.87. The fourth-order valence-electron chi connectivity index (χ4n) is 3.19. The summed E-state index contributed by atoms with van der Waals surface area (Å²) in [5, 5.41) is 0. The van der Waals surface area contributed by atoms with Crippen LogP contribution in [0, 0.1) is 23.2 Å². The monoisotopic (exact) mass is 282 g/mol. The van der Waals surface area contributed by atoms with E-state index in [1.54, 1.807) is 0 Å². The highest BCUT2D eigenvalue weighted by atomic mass is 16.5. The zero-order valence-corrected chi connectivity index (χ0v) is 13.2. The predicted molar refractivity (Wildman–Crippen MR) is 76.1 cm³/mol. The molecular formula is C16H26O4. The SMILES string of the molecule is COC(=O)C[C@@H](C)[C@]1(C(=O)C(C)C)CC[C@H](C)C(=O)C1. The number of hydrogen-bond acceptors (Lipinski definition) is 4. The number of rotatable bonds is 5. The lowest BCUT2D eigenvalue weighted by molar-refractivity contribution is -0.150. The number of carbonyl (C=O) groups is 3. The average Bonchev–Trinajstić information content (AvgIpc) is 2.40. The van der Waals surface area contributed by atoms with E-state index in [1.807, 2.05) is 27.7 Å². The van der Waals surface area contributed by atoms with Crippen LogP contribution < -0.4 is 0 Å². The number of ketones is 2. The van der Waals surface area contributed by atoms with Gasteiger partial charge in [0.2, 0.25) is 0 Å². The highest BCUT2D eigenvalue weighted by molar-refractivity contribution is 5.94. The summed E-state index contributed by atoms with van der Waals surface area (Å²) in [5.74, 6) is -0.346. The molecule has 20 heavy (non-hydrogen) atoms. The van der Waals surface area contributed by atoms with E-state index in [0.29, 0.717) is 6.42 Å². The first-order valence-corrected chi connectivity index (χ1v) is 7.38. The van der Waals surface area contributed by atoms with Crippen molar-refractivity contribution in [3.8, 4) is 0 Å². The molecule has 1 fully saturated rings. The summed E-state index contributed by atoms with van der Waals surface area (Å²) < 4.78 is 4.71. The van der Waals surface area contributed by atoms with Crippen molar-refractivity contribution >= 4 is 17.5 Å². The van der Waals surface area contributed by atoms with Gasteiger partial charge < -0.3 is 4.74 Å². The van der Waals surface area contributed by atoms with Gasteiger partial charge in [0.1, 0.15) is 11.6 Å². The van der Waals surface area contributed by atoms with Gasteiger partial charge in [-0.25, -0.2) is 0 Å². The summed E-state index contributed by atoms with van der Waals surface area (Å²) in [4.78, 5) is 36.3. The van der Waals surface area contributed by atoms with Crippen molar-refractivity contribution in [2.45, 2.75) is 53.4 Å². The summed E-state index contributed by atoms with van der Waals surface area (Å²) in [5.41, 5.74) is -0.689. The molecule has 0 radical (unpaired) electrons. The topological polar surface area (TPSA) is 60.4 Å². The molecule has 1 aliphatic carbocycles. The van der Waals surface area contributed by atoms with Gasteiger partial charge in [-0.2, -0.15) is 0 Å². The van der Waals surface area contributed by atoms with Gasteiger partial charge in [-0.1, -0.05) is 27.7 Å². The first-order valence-electron chi connectivity index (χ1n) is 7.38. The second-order valence-electron chi connectivity index (χ2n) is 6.44. The molecule has 3 atom stereocenters. The van der Waals surface area contributed by atoms with Crippen LogP contribution in [0.25, 0.3) is 0 Å². The Labute approximate surface area is 121 Å². The summed E-state index contributed by atoms with van der Waals surface area (Å²) in [6.45, 7) is 7.52. The second-order valence-corrected chi connectivity index (χ2v) is 6.44. The molecule has 1 saturated carbocycles. The third-order valence-electron chi connectivity index (χ3n) is 4.72. The maximum Gasteiger partial charge on any atom is 0.305 e. The Morgan fingerprint density at radius 1 is 1.35 bits per heavy atom. The highest BCUT2D eigenvalue weighted by Gasteiger charge is 2.49. The van der Waals surface area contributed by atoms with Gasteiger partial charge in [0.15, 0.2) is 0 Å². The van der Waals surface area contributed by atoms with Crippen LogP contribution in [0.3, 0.4) is 0 Å². The van der Waals surface area contributed by atoms with Crippen molar-refractivity contribution < 1.29 is 19.1 Å². The van der Waals surface area contributed by atoms with Crippen molar-refractivity contribution in [3.05, 3.63) is 0 Å². The Balaban J connectivity index is 3.05. The highest BCUT2D eigenvalue weighted by Crippen LogP contribution is 2.46. The van der Waals surface area contributed by atoms with Gasteiger partial charge in [0, 0.05) is 30.1 Å². The van der Waals surface area contributed by atoms with Crippen LogP contribution in [-0.2, 0) is 19.1 Å². The minimum Gasteiger partial charge on any atom is -0.469 e. The molecule has 0 N–H and O–H groups in total. The molecule has 0 amide bonds. The Hall–Kier alpha value is -1.19. The standard InChI is InChI=1S/C16H26O4/c1-10(2)15(19)16(12(4)8-14(18)20-5)7-6-11(3)13(17)9-16/h10-12H,6-9H2,1-5H3/t11-,12+,16-/m0/s1. The minimum absolute atomic E-state index is 0.0217. The molecule has 0 saturated heterocycles. The molecule has 114 valence electrons. The normalized spacial score (nSPS) is 28.3. The third kappa shape index (κ3) is 3.28. The number of carbonyl (C=O) groups excluding carboxylic acids is 3. The first kappa shape index (κ1) is 16.9. The van der Waals surface area contributed by atoms with Gasteiger partial charge in [0.05, 0.1) is 7.11 Å². The fourth-order valence-corrected chi connectivity index (χ4v) is 3.19. The lowest BCUT2D eigenvalue weighted by Gasteiger charge is -2.42. The number of ether oxygens (including phenoxy) is 1. The second kappa shape index (κ2) is 6.51. The van der Waals surface area contributed by atoms with Gasteiger partial charge in [0.25, 0.3) is 0 Å². The molecule has 4 nitrogen and oxygen atoms in total. The first-order chi connectivity index (χ1) is 9.24. The smallest absolute Gasteiger partial charge is 0.305 e. The Bertz CT molecular complexity index is 399. The molecule has 0 aromatic rings. The van der Waals surface area contributed by atoms with E-state index in [0.717, 1.165) is 6.42 Å². The molecule has 0 aliphatic heterocycles. The van der Waals surface area contributed by atoms with Gasteiger partial charge >= 0.3 is 5.97 Å². The number of Topliss-reactive ketones (excluding diaryl/α,β-unsaturated/α-hetero) is 2. The molecule has 0 heterocycles. The zero-order chi connectivity index (χ0) is 15.5. The van der Waals surface area contributed by atoms with Gasteiger partial charge in [-0.15, -0.1) is 0 Å². The van der Waals surface area contributed by atoms with E-state index in [4.69, 9.17) is 4.74 Å². The number of esters is 1. The maximum absolute atomic E-state index is 12.7.